The number of hydrogen-bond donors (Lipinski definition) is 3. The molecule has 3 rings (SSSR count). The molecule has 0 saturated carbocycles. The van der Waals surface area contributed by atoms with E-state index < -0.39 is 52.0 Å². The van der Waals surface area contributed by atoms with E-state index >= 15 is 0 Å². The number of aromatic nitrogens is 2. The van der Waals surface area contributed by atoms with Gasteiger partial charge in [-0.25, -0.2) is 13.8 Å². The number of anilines is 1. The summed E-state index contributed by atoms with van der Waals surface area (Å²) in [5, 5.41) is 3.54. The lowest BCUT2D eigenvalue weighted by Gasteiger charge is -2.30. The molecular formula is C18H16F4N4O4. The van der Waals surface area contributed by atoms with Crippen molar-refractivity contribution < 1.29 is 27.2 Å². The number of rotatable bonds is 4. The van der Waals surface area contributed by atoms with E-state index in [-0.39, 0.29) is 18.0 Å². The van der Waals surface area contributed by atoms with Crippen LogP contribution in [0.3, 0.4) is 0 Å². The Hall–Kier alpha value is -3.44. The predicted molar refractivity (Wildman–Crippen MR) is 96.6 cm³/mol. The lowest BCUT2D eigenvalue weighted by Crippen LogP contribution is -2.62. The van der Waals surface area contributed by atoms with Crippen LogP contribution in [0.2, 0.25) is 0 Å². The highest BCUT2D eigenvalue weighted by Crippen LogP contribution is 2.45. The molecular weight excluding hydrogens is 412 g/mol. The van der Waals surface area contributed by atoms with Gasteiger partial charge in [0, 0.05) is 6.42 Å². The minimum Gasteiger partial charge on any atom is -0.330 e. The van der Waals surface area contributed by atoms with Gasteiger partial charge in [0.1, 0.15) is 17.2 Å². The fourth-order valence-corrected chi connectivity index (χ4v) is 3.25. The zero-order chi connectivity index (χ0) is 22.4. The molecule has 2 amide bonds. The highest BCUT2D eigenvalue weighted by Gasteiger charge is 2.68. The van der Waals surface area contributed by atoms with E-state index in [9.17, 15) is 36.7 Å². The second kappa shape index (κ2) is 7.11. The molecule has 2 aromatic rings. The Morgan fingerprint density at radius 2 is 1.77 bits per heavy atom. The van der Waals surface area contributed by atoms with Crippen LogP contribution in [-0.4, -0.2) is 27.5 Å². The number of halogens is 4. The quantitative estimate of drug-likeness (QED) is 0.641. The molecule has 2 heterocycles. The number of benzene rings is 1. The van der Waals surface area contributed by atoms with Crippen LogP contribution in [0.1, 0.15) is 25.8 Å². The summed E-state index contributed by atoms with van der Waals surface area (Å²) < 4.78 is 56.2. The number of H-pyrrole nitrogens is 1. The Bertz CT molecular complexity index is 1130. The Balaban J connectivity index is 2.31. The highest BCUT2D eigenvalue weighted by atomic mass is 19.4. The molecule has 3 N–H and O–H groups in total. The van der Waals surface area contributed by atoms with E-state index in [2.05, 4.69) is 0 Å². The van der Waals surface area contributed by atoms with Gasteiger partial charge in [0.05, 0.1) is 5.69 Å². The third kappa shape index (κ3) is 3.27. The van der Waals surface area contributed by atoms with E-state index in [0.29, 0.717) is 4.57 Å². The molecule has 8 nitrogen and oxygen atoms in total. The summed E-state index contributed by atoms with van der Waals surface area (Å²) in [6.07, 6.45) is -5.75. The summed E-state index contributed by atoms with van der Waals surface area (Å²) in [7, 11) is 0. The molecule has 160 valence electrons. The second-order valence-corrected chi connectivity index (χ2v) is 7.14. The predicted octanol–water partition coefficient (Wildman–Crippen LogP) is 1.54. The summed E-state index contributed by atoms with van der Waals surface area (Å²) in [6, 6.07) is 4.04. The fraction of sp³-hybridized carbons (Fsp3) is 0.333. The normalized spacial score (nSPS) is 18.3. The van der Waals surface area contributed by atoms with Crippen LogP contribution in [0.4, 0.5) is 23.4 Å². The first-order chi connectivity index (χ1) is 13.9. The van der Waals surface area contributed by atoms with Crippen LogP contribution in [0.5, 0.6) is 0 Å². The molecule has 0 fully saturated rings. The number of aromatic amines is 1. The van der Waals surface area contributed by atoms with Crippen LogP contribution in [0.25, 0.3) is 5.69 Å². The van der Waals surface area contributed by atoms with Gasteiger partial charge < -0.3 is 10.6 Å². The van der Waals surface area contributed by atoms with E-state index in [0.717, 1.165) is 24.3 Å². The topological polar surface area (TPSA) is 113 Å². The monoisotopic (exact) mass is 428 g/mol. The Morgan fingerprint density at radius 3 is 2.30 bits per heavy atom. The van der Waals surface area contributed by atoms with Gasteiger partial charge in [0.15, 0.2) is 0 Å². The average Bonchev–Trinajstić information content (AvgIpc) is 2.89. The maximum absolute atomic E-state index is 14.1. The molecule has 0 radical (unpaired) electrons. The number of carbonyl (C=O) groups excluding carboxylic acids is 2. The zero-order valence-corrected chi connectivity index (χ0v) is 15.7. The molecule has 1 aromatic heterocycles. The first-order valence-electron chi connectivity index (χ1n) is 8.73. The van der Waals surface area contributed by atoms with Gasteiger partial charge >= 0.3 is 11.9 Å². The highest BCUT2D eigenvalue weighted by molar-refractivity contribution is 6.07. The van der Waals surface area contributed by atoms with E-state index in [1.165, 1.54) is 0 Å². The molecule has 30 heavy (non-hydrogen) atoms. The summed E-state index contributed by atoms with van der Waals surface area (Å²) in [6.45, 7) is 3.17. The van der Waals surface area contributed by atoms with Crippen LogP contribution in [-0.2, 0) is 15.1 Å². The standard InChI is InChI=1S/C18H16F4N4O4/c1-8(2)7-11(27)25-17(18(20,21)22)12-13(23-15(17)29)26(16(30)24-14(12)28)10-5-3-9(19)4-6-10/h3-6,8H,7H2,1-2H3,(H,23,29)(H,25,27)(H,24,28,30)/t17-/m1/s1. The van der Waals surface area contributed by atoms with Crippen LogP contribution >= 0.6 is 0 Å². The van der Waals surface area contributed by atoms with Gasteiger partial charge in [-0.2, -0.15) is 13.2 Å². The molecule has 1 aliphatic heterocycles. The molecule has 0 saturated heterocycles. The van der Waals surface area contributed by atoms with Gasteiger partial charge in [0.25, 0.3) is 11.5 Å². The smallest absolute Gasteiger partial charge is 0.330 e. The fourth-order valence-electron chi connectivity index (χ4n) is 3.25. The van der Waals surface area contributed by atoms with Crippen molar-refractivity contribution in [2.75, 3.05) is 5.32 Å². The lowest BCUT2D eigenvalue weighted by atomic mass is 9.91. The Labute approximate surface area is 165 Å². The van der Waals surface area contributed by atoms with E-state index in [4.69, 9.17) is 0 Å². The largest absolute Gasteiger partial charge is 0.425 e. The van der Waals surface area contributed by atoms with Crippen LogP contribution < -0.4 is 21.9 Å². The van der Waals surface area contributed by atoms with Gasteiger partial charge in [-0.1, -0.05) is 13.8 Å². The SMILES string of the molecule is CC(C)CC(=O)N[C@@]1(C(F)(F)F)C(=O)Nc2c1c(=O)[nH]c(=O)n2-c1ccc(F)cc1. The number of carbonyl (C=O) groups is 2. The molecule has 0 bridgehead atoms. The molecule has 0 unspecified atom stereocenters. The van der Waals surface area contributed by atoms with E-state index in [1.54, 1.807) is 24.1 Å². The van der Waals surface area contributed by atoms with Crippen molar-refractivity contribution in [3.8, 4) is 5.69 Å². The number of amides is 2. The van der Waals surface area contributed by atoms with E-state index in [1.807, 2.05) is 5.32 Å². The summed E-state index contributed by atoms with van der Waals surface area (Å²) in [5.74, 6) is -4.62. The maximum atomic E-state index is 14.1. The molecule has 0 aliphatic carbocycles. The Morgan fingerprint density at radius 1 is 1.17 bits per heavy atom. The maximum Gasteiger partial charge on any atom is 0.425 e. The van der Waals surface area contributed by atoms with Gasteiger partial charge in [-0.05, 0) is 30.2 Å². The number of hydrogen-bond acceptors (Lipinski definition) is 4. The molecule has 12 heteroatoms. The molecule has 0 spiro atoms. The lowest BCUT2D eigenvalue weighted by molar-refractivity contribution is -0.200. The molecule has 1 aliphatic rings. The molecule has 1 aromatic carbocycles. The van der Waals surface area contributed by atoms with Crippen LogP contribution in [0, 0.1) is 11.7 Å². The first-order valence-corrected chi connectivity index (χ1v) is 8.73. The van der Waals surface area contributed by atoms with Crippen molar-refractivity contribution in [3.05, 3.63) is 56.5 Å². The minimum absolute atomic E-state index is 0.110. The average molecular weight is 428 g/mol. The van der Waals surface area contributed by atoms with Crippen LogP contribution in [0.15, 0.2) is 33.9 Å². The summed E-state index contributed by atoms with van der Waals surface area (Å²) >= 11 is 0. The van der Waals surface area contributed by atoms with Gasteiger partial charge in [-0.3, -0.25) is 19.4 Å². The number of nitrogens with one attached hydrogen (secondary N) is 3. The number of alkyl halides is 3. The number of nitrogens with zero attached hydrogens (tertiary/aromatic N) is 1. The summed E-state index contributed by atoms with van der Waals surface area (Å²) in [5.41, 5.74) is -7.63. The summed E-state index contributed by atoms with van der Waals surface area (Å²) in [4.78, 5) is 51.2. The van der Waals surface area contributed by atoms with Crippen molar-refractivity contribution in [1.29, 1.82) is 0 Å². The van der Waals surface area contributed by atoms with Crippen molar-refractivity contribution in [3.63, 3.8) is 0 Å². The van der Waals surface area contributed by atoms with Crippen molar-refractivity contribution in [2.45, 2.75) is 32.0 Å². The third-order valence-electron chi connectivity index (χ3n) is 4.49. The molecule has 1 atom stereocenters. The third-order valence-corrected chi connectivity index (χ3v) is 4.49. The Kier molecular flexibility index (Phi) is 5.04. The second-order valence-electron chi connectivity index (χ2n) is 7.14. The van der Waals surface area contributed by atoms with Crippen molar-refractivity contribution in [2.24, 2.45) is 5.92 Å². The van der Waals surface area contributed by atoms with Crippen molar-refractivity contribution in [1.82, 2.24) is 14.9 Å². The zero-order valence-electron chi connectivity index (χ0n) is 15.7. The van der Waals surface area contributed by atoms with Crippen molar-refractivity contribution >= 4 is 17.6 Å². The van der Waals surface area contributed by atoms with Gasteiger partial charge in [-0.15, -0.1) is 0 Å². The van der Waals surface area contributed by atoms with Gasteiger partial charge in [0.2, 0.25) is 11.4 Å². The first kappa shape index (κ1) is 21.3. The minimum atomic E-state index is -5.41. The number of fused-ring (bicyclic) bond motifs is 1.